The lowest BCUT2D eigenvalue weighted by molar-refractivity contribution is 0.188. The molecule has 0 bridgehead atoms. The van der Waals surface area contributed by atoms with Gasteiger partial charge in [-0.15, -0.1) is 0 Å². The molecule has 0 fully saturated rings. The lowest BCUT2D eigenvalue weighted by Gasteiger charge is -2.38. The molecule has 1 nitrogen and oxygen atoms in total. The lowest BCUT2D eigenvalue weighted by Crippen LogP contribution is -2.32. The number of unbranched alkanes of at least 4 members (excludes halogenated alkanes) is 1. The van der Waals surface area contributed by atoms with Crippen LogP contribution in [0.3, 0.4) is 0 Å². The fraction of sp³-hybridized carbons (Fsp3) is 0.625. The average Bonchev–Trinajstić information content (AvgIpc) is 2.44. The summed E-state index contributed by atoms with van der Waals surface area (Å²) < 4.78 is 5.16. The Morgan fingerprint density at radius 3 is 2.89 bits per heavy atom. The van der Waals surface area contributed by atoms with Crippen LogP contribution in [0.5, 0.6) is 0 Å². The molecule has 0 heterocycles. The molecule has 2 rings (SSSR count). The highest BCUT2D eigenvalue weighted by molar-refractivity contribution is 9.09. The van der Waals surface area contributed by atoms with Crippen LogP contribution in [0.1, 0.15) is 43.2 Å². The van der Waals surface area contributed by atoms with Gasteiger partial charge in [0.2, 0.25) is 0 Å². The molecule has 2 heteroatoms. The van der Waals surface area contributed by atoms with Gasteiger partial charge in [0, 0.05) is 24.5 Å². The van der Waals surface area contributed by atoms with E-state index in [9.17, 15) is 0 Å². The Morgan fingerprint density at radius 2 is 2.11 bits per heavy atom. The van der Waals surface area contributed by atoms with Gasteiger partial charge in [-0.2, -0.15) is 0 Å². The molecule has 1 atom stereocenters. The van der Waals surface area contributed by atoms with Crippen molar-refractivity contribution in [2.75, 3.05) is 19.0 Å². The molecule has 1 aliphatic rings. The molecule has 1 unspecified atom stereocenters. The summed E-state index contributed by atoms with van der Waals surface area (Å²) in [7, 11) is 1.79. The second-order valence-electron chi connectivity index (χ2n) is 5.37. The maximum absolute atomic E-state index is 5.16. The van der Waals surface area contributed by atoms with E-state index in [1.165, 1.54) is 38.5 Å². The van der Waals surface area contributed by atoms with Crippen LogP contribution in [-0.4, -0.2) is 19.0 Å². The zero-order valence-corrected chi connectivity index (χ0v) is 12.8. The number of hydrogen-bond donors (Lipinski definition) is 0. The molecule has 18 heavy (non-hydrogen) atoms. The molecule has 0 aromatic heterocycles. The van der Waals surface area contributed by atoms with Crippen LogP contribution in [-0.2, 0) is 16.6 Å². The summed E-state index contributed by atoms with van der Waals surface area (Å²) in [6, 6.07) is 9.01. The second kappa shape index (κ2) is 6.72. The number of halogens is 1. The first kappa shape index (κ1) is 14.1. The number of aryl methyl sites for hydroxylation is 1. The van der Waals surface area contributed by atoms with Gasteiger partial charge in [0.15, 0.2) is 0 Å². The van der Waals surface area contributed by atoms with Crippen molar-refractivity contribution in [2.45, 2.75) is 43.9 Å². The first-order valence-corrected chi connectivity index (χ1v) is 8.08. The lowest BCUT2D eigenvalue weighted by atomic mass is 9.68. The minimum absolute atomic E-state index is 0.364. The smallest absolute Gasteiger partial charge is 0.0462 e. The van der Waals surface area contributed by atoms with E-state index in [0.29, 0.717) is 5.41 Å². The first-order chi connectivity index (χ1) is 8.82. The predicted octanol–water partition coefficient (Wildman–Crippen LogP) is 4.47. The number of methoxy groups -OCH3 is 1. The SMILES string of the molecule is COCCCCC1(CBr)CCCc2ccccc21. The van der Waals surface area contributed by atoms with Gasteiger partial charge in [-0.3, -0.25) is 0 Å². The van der Waals surface area contributed by atoms with Gasteiger partial charge in [-0.1, -0.05) is 46.6 Å². The summed E-state index contributed by atoms with van der Waals surface area (Å²) in [4.78, 5) is 0. The van der Waals surface area contributed by atoms with E-state index in [2.05, 4.69) is 40.2 Å². The molecule has 1 aromatic carbocycles. The standard InChI is InChI=1S/C16H23BrO/c1-18-12-5-4-10-16(13-17)11-6-8-14-7-2-3-9-15(14)16/h2-3,7,9H,4-6,8,10-13H2,1H3. The van der Waals surface area contributed by atoms with E-state index in [4.69, 9.17) is 4.74 Å². The summed E-state index contributed by atoms with van der Waals surface area (Å²) in [5.74, 6) is 0. The largest absolute Gasteiger partial charge is 0.385 e. The maximum Gasteiger partial charge on any atom is 0.0462 e. The summed E-state index contributed by atoms with van der Waals surface area (Å²) >= 11 is 3.78. The quantitative estimate of drug-likeness (QED) is 0.556. The number of ether oxygens (including phenoxy) is 1. The number of hydrogen-bond acceptors (Lipinski definition) is 1. The van der Waals surface area contributed by atoms with Gasteiger partial charge in [-0.25, -0.2) is 0 Å². The van der Waals surface area contributed by atoms with Gasteiger partial charge in [0.05, 0.1) is 0 Å². The minimum atomic E-state index is 0.364. The molecular weight excluding hydrogens is 288 g/mol. The van der Waals surface area contributed by atoms with Crippen LogP contribution in [0, 0.1) is 0 Å². The Labute approximate surface area is 119 Å². The Kier molecular flexibility index (Phi) is 5.25. The van der Waals surface area contributed by atoms with Gasteiger partial charge in [0.25, 0.3) is 0 Å². The van der Waals surface area contributed by atoms with E-state index < -0.39 is 0 Å². The van der Waals surface area contributed by atoms with Crippen molar-refractivity contribution in [3.8, 4) is 0 Å². The van der Waals surface area contributed by atoms with Gasteiger partial charge in [-0.05, 0) is 43.2 Å². The first-order valence-electron chi connectivity index (χ1n) is 6.96. The zero-order valence-electron chi connectivity index (χ0n) is 11.3. The number of alkyl halides is 1. The van der Waals surface area contributed by atoms with E-state index in [0.717, 1.165) is 11.9 Å². The molecule has 1 aliphatic carbocycles. The fourth-order valence-electron chi connectivity index (χ4n) is 3.18. The summed E-state index contributed by atoms with van der Waals surface area (Å²) in [6.45, 7) is 0.889. The van der Waals surface area contributed by atoms with Crippen LogP contribution in [0.2, 0.25) is 0 Å². The highest BCUT2D eigenvalue weighted by Crippen LogP contribution is 2.42. The third kappa shape index (κ3) is 2.97. The number of fused-ring (bicyclic) bond motifs is 1. The van der Waals surface area contributed by atoms with E-state index in [1.807, 2.05) is 0 Å². The van der Waals surface area contributed by atoms with Crippen LogP contribution < -0.4 is 0 Å². The van der Waals surface area contributed by atoms with Crippen molar-refractivity contribution < 1.29 is 4.74 Å². The van der Waals surface area contributed by atoms with E-state index in [1.54, 1.807) is 18.2 Å². The zero-order chi connectivity index (χ0) is 12.8. The Hall–Kier alpha value is -0.340. The van der Waals surface area contributed by atoms with Crippen molar-refractivity contribution in [2.24, 2.45) is 0 Å². The van der Waals surface area contributed by atoms with Gasteiger partial charge >= 0.3 is 0 Å². The molecule has 0 N–H and O–H groups in total. The maximum atomic E-state index is 5.16. The Bertz CT molecular complexity index is 377. The predicted molar refractivity (Wildman–Crippen MR) is 80.6 cm³/mol. The molecule has 0 saturated heterocycles. The fourth-order valence-corrected chi connectivity index (χ4v) is 4.05. The third-order valence-electron chi connectivity index (χ3n) is 4.20. The molecule has 1 aromatic rings. The van der Waals surface area contributed by atoms with Crippen molar-refractivity contribution in [1.82, 2.24) is 0 Å². The van der Waals surface area contributed by atoms with Crippen molar-refractivity contribution in [1.29, 1.82) is 0 Å². The molecule has 0 aliphatic heterocycles. The normalized spacial score (nSPS) is 22.8. The van der Waals surface area contributed by atoms with Crippen LogP contribution in [0.4, 0.5) is 0 Å². The van der Waals surface area contributed by atoms with Crippen LogP contribution in [0.15, 0.2) is 24.3 Å². The highest BCUT2D eigenvalue weighted by Gasteiger charge is 2.34. The summed E-state index contributed by atoms with van der Waals surface area (Å²) in [5, 5.41) is 1.09. The number of rotatable bonds is 6. The van der Waals surface area contributed by atoms with Crippen molar-refractivity contribution in [3.05, 3.63) is 35.4 Å². The molecule has 0 radical (unpaired) electrons. The third-order valence-corrected chi connectivity index (χ3v) is 5.27. The van der Waals surface area contributed by atoms with Crippen LogP contribution >= 0.6 is 15.9 Å². The molecule has 100 valence electrons. The minimum Gasteiger partial charge on any atom is -0.385 e. The van der Waals surface area contributed by atoms with E-state index >= 15 is 0 Å². The second-order valence-corrected chi connectivity index (χ2v) is 5.94. The molecular formula is C16H23BrO. The van der Waals surface area contributed by atoms with Gasteiger partial charge < -0.3 is 4.74 Å². The van der Waals surface area contributed by atoms with E-state index in [-0.39, 0.29) is 0 Å². The van der Waals surface area contributed by atoms with Gasteiger partial charge in [0.1, 0.15) is 0 Å². The Morgan fingerprint density at radius 1 is 1.28 bits per heavy atom. The summed E-state index contributed by atoms with van der Waals surface area (Å²) in [5.41, 5.74) is 3.52. The van der Waals surface area contributed by atoms with Crippen molar-refractivity contribution >= 4 is 15.9 Å². The molecule has 0 saturated carbocycles. The number of benzene rings is 1. The van der Waals surface area contributed by atoms with Crippen molar-refractivity contribution in [3.63, 3.8) is 0 Å². The average molecular weight is 311 g/mol. The monoisotopic (exact) mass is 310 g/mol. The topological polar surface area (TPSA) is 9.23 Å². The summed E-state index contributed by atoms with van der Waals surface area (Å²) in [6.07, 6.45) is 7.61. The highest BCUT2D eigenvalue weighted by atomic mass is 79.9. The molecule has 0 spiro atoms. The van der Waals surface area contributed by atoms with Crippen LogP contribution in [0.25, 0.3) is 0 Å². The molecule has 0 amide bonds. The Balaban J connectivity index is 2.12.